The fourth-order valence-corrected chi connectivity index (χ4v) is 2.70. The van der Waals surface area contributed by atoms with Crippen molar-refractivity contribution in [2.75, 3.05) is 46.1 Å². The van der Waals surface area contributed by atoms with Crippen molar-refractivity contribution in [1.29, 1.82) is 0 Å². The smallest absolute Gasteiger partial charge is 0.196 e. The number of halogens is 1. The highest BCUT2D eigenvalue weighted by molar-refractivity contribution is 9.10. The van der Waals surface area contributed by atoms with E-state index in [9.17, 15) is 0 Å². The van der Waals surface area contributed by atoms with Crippen molar-refractivity contribution in [3.8, 4) is 0 Å². The van der Waals surface area contributed by atoms with Gasteiger partial charge in [-0.2, -0.15) is 0 Å². The molecule has 1 saturated heterocycles. The number of nitrogens with zero attached hydrogens (tertiary/aromatic N) is 2. The van der Waals surface area contributed by atoms with Crippen molar-refractivity contribution < 1.29 is 13.9 Å². The molecule has 5 nitrogen and oxygen atoms in total. The number of oxazole rings is 1. The molecule has 1 aromatic carbocycles. The summed E-state index contributed by atoms with van der Waals surface area (Å²) in [5.41, 5.74) is 1.74. The van der Waals surface area contributed by atoms with Crippen LogP contribution in [0.3, 0.4) is 0 Å². The summed E-state index contributed by atoms with van der Waals surface area (Å²) in [5, 5.41) is 0. The fraction of sp³-hybridized carbons (Fsp3) is 0.533. The third-order valence-corrected chi connectivity index (χ3v) is 4.00. The lowest BCUT2D eigenvalue weighted by molar-refractivity contribution is 0.0629. The van der Waals surface area contributed by atoms with E-state index in [2.05, 4.69) is 25.8 Å². The van der Waals surface area contributed by atoms with Gasteiger partial charge in [0, 0.05) is 30.5 Å². The Morgan fingerprint density at radius 1 is 1.10 bits per heavy atom. The van der Waals surface area contributed by atoms with Gasteiger partial charge in [0.05, 0.1) is 26.4 Å². The molecule has 1 aromatic heterocycles. The number of hydrogen-bond acceptors (Lipinski definition) is 5. The van der Waals surface area contributed by atoms with Gasteiger partial charge in [0.15, 0.2) is 11.5 Å². The minimum absolute atomic E-state index is 0.688. The molecule has 114 valence electrons. The van der Waals surface area contributed by atoms with Gasteiger partial charge in [-0.1, -0.05) is 15.9 Å². The van der Waals surface area contributed by atoms with Gasteiger partial charge in [-0.3, -0.25) is 4.90 Å². The van der Waals surface area contributed by atoms with E-state index in [1.807, 2.05) is 18.2 Å². The standard InChI is InChI=1S/C15H19BrN2O3/c16-12-1-2-14-13(11-12)17-15(21-14)3-4-18-5-7-19-9-10-20-8-6-18/h1-2,11H,3-10H2. The van der Waals surface area contributed by atoms with Crippen molar-refractivity contribution in [3.63, 3.8) is 0 Å². The molecule has 0 radical (unpaired) electrons. The highest BCUT2D eigenvalue weighted by atomic mass is 79.9. The minimum atomic E-state index is 0.688. The highest BCUT2D eigenvalue weighted by Gasteiger charge is 2.11. The molecule has 0 unspecified atom stereocenters. The third kappa shape index (κ3) is 4.26. The molecule has 0 aliphatic carbocycles. The van der Waals surface area contributed by atoms with E-state index in [1.165, 1.54) is 0 Å². The first-order valence-electron chi connectivity index (χ1n) is 7.24. The van der Waals surface area contributed by atoms with Crippen LogP contribution in [0.5, 0.6) is 0 Å². The van der Waals surface area contributed by atoms with Gasteiger partial charge in [-0.05, 0) is 18.2 Å². The maximum Gasteiger partial charge on any atom is 0.196 e. The van der Waals surface area contributed by atoms with E-state index in [4.69, 9.17) is 13.9 Å². The summed E-state index contributed by atoms with van der Waals surface area (Å²) in [4.78, 5) is 6.86. The van der Waals surface area contributed by atoms with Crippen LogP contribution >= 0.6 is 15.9 Å². The number of ether oxygens (including phenoxy) is 2. The van der Waals surface area contributed by atoms with Crippen LogP contribution < -0.4 is 0 Å². The van der Waals surface area contributed by atoms with E-state index in [-0.39, 0.29) is 0 Å². The second-order valence-corrected chi connectivity index (χ2v) is 5.95. The molecule has 0 bridgehead atoms. The zero-order valence-corrected chi connectivity index (χ0v) is 13.5. The Morgan fingerprint density at radius 3 is 2.62 bits per heavy atom. The molecular formula is C15H19BrN2O3. The lowest BCUT2D eigenvalue weighted by Gasteiger charge is -2.19. The minimum Gasteiger partial charge on any atom is -0.441 e. The summed E-state index contributed by atoms with van der Waals surface area (Å²) in [7, 11) is 0. The van der Waals surface area contributed by atoms with Crippen LogP contribution in [0.2, 0.25) is 0 Å². The molecule has 6 heteroatoms. The van der Waals surface area contributed by atoms with E-state index in [1.54, 1.807) is 0 Å². The third-order valence-electron chi connectivity index (χ3n) is 3.51. The van der Waals surface area contributed by atoms with Gasteiger partial charge in [0.1, 0.15) is 5.52 Å². The van der Waals surface area contributed by atoms with Gasteiger partial charge in [-0.25, -0.2) is 4.98 Å². The van der Waals surface area contributed by atoms with Crippen LogP contribution in [0.4, 0.5) is 0 Å². The molecule has 0 amide bonds. The van der Waals surface area contributed by atoms with Gasteiger partial charge in [-0.15, -0.1) is 0 Å². The Labute approximate surface area is 132 Å². The number of hydrogen-bond donors (Lipinski definition) is 0. The molecule has 3 rings (SSSR count). The normalized spacial score (nSPS) is 18.3. The number of rotatable bonds is 3. The van der Waals surface area contributed by atoms with Crippen molar-refractivity contribution in [2.45, 2.75) is 6.42 Å². The molecular weight excluding hydrogens is 336 g/mol. The summed E-state index contributed by atoms with van der Waals surface area (Å²) in [5.74, 6) is 0.782. The molecule has 2 heterocycles. The van der Waals surface area contributed by atoms with E-state index in [0.29, 0.717) is 13.2 Å². The SMILES string of the molecule is Brc1ccc2oc(CCN3CCOCCOCC3)nc2c1. The van der Waals surface area contributed by atoms with Crippen molar-refractivity contribution in [3.05, 3.63) is 28.6 Å². The molecule has 0 N–H and O–H groups in total. The van der Waals surface area contributed by atoms with Gasteiger partial charge in [0.2, 0.25) is 0 Å². The van der Waals surface area contributed by atoms with E-state index in [0.717, 1.165) is 60.7 Å². The molecule has 0 atom stereocenters. The maximum absolute atomic E-state index is 5.77. The van der Waals surface area contributed by atoms with Gasteiger partial charge in [0.25, 0.3) is 0 Å². The molecule has 21 heavy (non-hydrogen) atoms. The Balaban J connectivity index is 1.59. The average molecular weight is 355 g/mol. The molecule has 0 spiro atoms. The topological polar surface area (TPSA) is 47.7 Å². The number of fused-ring (bicyclic) bond motifs is 1. The average Bonchev–Trinajstić information content (AvgIpc) is 2.92. The van der Waals surface area contributed by atoms with Gasteiger partial charge >= 0.3 is 0 Å². The first-order valence-corrected chi connectivity index (χ1v) is 8.03. The van der Waals surface area contributed by atoms with Crippen molar-refractivity contribution >= 4 is 27.0 Å². The van der Waals surface area contributed by atoms with Crippen LogP contribution in [0, 0.1) is 0 Å². The van der Waals surface area contributed by atoms with Crippen molar-refractivity contribution in [1.82, 2.24) is 9.88 Å². The Bertz CT molecular complexity index is 577. The predicted molar refractivity (Wildman–Crippen MR) is 83.5 cm³/mol. The van der Waals surface area contributed by atoms with Crippen LogP contribution in [0.25, 0.3) is 11.1 Å². The molecule has 1 aliphatic heterocycles. The summed E-state index contributed by atoms with van der Waals surface area (Å²) < 4.78 is 17.8. The Hall–Kier alpha value is -0.950. The molecule has 1 fully saturated rings. The zero-order chi connectivity index (χ0) is 14.5. The quantitative estimate of drug-likeness (QED) is 0.847. The summed E-state index contributed by atoms with van der Waals surface area (Å²) in [6.45, 7) is 5.64. The first-order chi connectivity index (χ1) is 10.3. The lowest BCUT2D eigenvalue weighted by atomic mass is 10.3. The zero-order valence-electron chi connectivity index (χ0n) is 11.9. The summed E-state index contributed by atoms with van der Waals surface area (Å²) in [6, 6.07) is 5.88. The first kappa shape index (κ1) is 15.0. The van der Waals surface area contributed by atoms with Crippen LogP contribution in [0.1, 0.15) is 5.89 Å². The largest absolute Gasteiger partial charge is 0.441 e. The van der Waals surface area contributed by atoms with Crippen LogP contribution in [-0.2, 0) is 15.9 Å². The van der Waals surface area contributed by atoms with Crippen molar-refractivity contribution in [2.24, 2.45) is 0 Å². The molecule has 1 aliphatic rings. The fourth-order valence-electron chi connectivity index (χ4n) is 2.35. The predicted octanol–water partition coefficient (Wildman–Crippen LogP) is 2.48. The van der Waals surface area contributed by atoms with Gasteiger partial charge < -0.3 is 13.9 Å². The van der Waals surface area contributed by atoms with Crippen LogP contribution in [0.15, 0.2) is 27.1 Å². The van der Waals surface area contributed by atoms with Crippen LogP contribution in [-0.4, -0.2) is 55.9 Å². The number of aromatic nitrogens is 1. The van der Waals surface area contributed by atoms with E-state index < -0.39 is 0 Å². The number of benzene rings is 1. The Morgan fingerprint density at radius 2 is 1.86 bits per heavy atom. The monoisotopic (exact) mass is 354 g/mol. The molecule has 2 aromatic rings. The summed E-state index contributed by atoms with van der Waals surface area (Å²) in [6.07, 6.45) is 0.798. The Kier molecular flexibility index (Phi) is 5.24. The highest BCUT2D eigenvalue weighted by Crippen LogP contribution is 2.20. The molecule has 0 saturated carbocycles. The second kappa shape index (κ2) is 7.35. The summed E-state index contributed by atoms with van der Waals surface area (Å²) >= 11 is 3.45. The lowest BCUT2D eigenvalue weighted by Crippen LogP contribution is -2.32. The maximum atomic E-state index is 5.77. The van der Waals surface area contributed by atoms with E-state index >= 15 is 0 Å². The second-order valence-electron chi connectivity index (χ2n) is 5.04.